The Labute approximate surface area is 112 Å². The van der Waals surface area contributed by atoms with Gasteiger partial charge in [0.05, 0.1) is 6.04 Å². The molecule has 0 radical (unpaired) electrons. The lowest BCUT2D eigenvalue weighted by atomic mass is 9.99. The van der Waals surface area contributed by atoms with Gasteiger partial charge in [0.15, 0.2) is 11.6 Å². The van der Waals surface area contributed by atoms with Gasteiger partial charge in [-0.25, -0.2) is 8.78 Å². The molecule has 0 aliphatic heterocycles. The van der Waals surface area contributed by atoms with E-state index in [9.17, 15) is 13.6 Å². The van der Waals surface area contributed by atoms with Crippen molar-refractivity contribution in [3.05, 3.63) is 35.4 Å². The van der Waals surface area contributed by atoms with Gasteiger partial charge in [-0.3, -0.25) is 4.79 Å². The Morgan fingerprint density at radius 1 is 1.37 bits per heavy atom. The molecule has 0 saturated heterocycles. The van der Waals surface area contributed by atoms with E-state index < -0.39 is 17.7 Å². The van der Waals surface area contributed by atoms with Crippen LogP contribution in [0.4, 0.5) is 8.78 Å². The maximum atomic E-state index is 13.1. The fraction of sp³-hybridized carbons (Fsp3) is 0.500. The van der Waals surface area contributed by atoms with Crippen LogP contribution in [0.5, 0.6) is 0 Å². The van der Waals surface area contributed by atoms with Gasteiger partial charge in [-0.1, -0.05) is 26.3 Å². The third-order valence-electron chi connectivity index (χ3n) is 3.32. The first-order chi connectivity index (χ1) is 8.86. The Balaban J connectivity index is 2.70. The van der Waals surface area contributed by atoms with Gasteiger partial charge in [0, 0.05) is 13.6 Å². The van der Waals surface area contributed by atoms with Crippen LogP contribution in [0.1, 0.15) is 25.8 Å². The van der Waals surface area contributed by atoms with Gasteiger partial charge in [-0.2, -0.15) is 0 Å². The van der Waals surface area contributed by atoms with E-state index in [4.69, 9.17) is 5.73 Å². The molecule has 0 aliphatic rings. The van der Waals surface area contributed by atoms with Crippen molar-refractivity contribution < 1.29 is 13.6 Å². The second-order valence-electron chi connectivity index (χ2n) is 4.85. The van der Waals surface area contributed by atoms with Crippen molar-refractivity contribution in [1.29, 1.82) is 0 Å². The number of rotatable bonds is 5. The number of carbonyl (C=O) groups excluding carboxylic acids is 1. The standard InChI is InChI=1S/C14H20F2N2O/c1-4-9(2)13(17)14(19)18(3)8-10-5-6-11(15)12(16)7-10/h5-7,9,13H,4,8,17H2,1-3H3. The van der Waals surface area contributed by atoms with Crippen molar-refractivity contribution in [3.63, 3.8) is 0 Å². The molecule has 0 aliphatic carbocycles. The Hall–Kier alpha value is -1.49. The lowest BCUT2D eigenvalue weighted by molar-refractivity contribution is -0.132. The van der Waals surface area contributed by atoms with Crippen molar-refractivity contribution in [2.45, 2.75) is 32.9 Å². The zero-order chi connectivity index (χ0) is 14.6. The summed E-state index contributed by atoms with van der Waals surface area (Å²) < 4.78 is 25.9. The summed E-state index contributed by atoms with van der Waals surface area (Å²) in [5.41, 5.74) is 6.39. The minimum absolute atomic E-state index is 0.0832. The van der Waals surface area contributed by atoms with E-state index in [2.05, 4.69) is 0 Å². The number of benzene rings is 1. The van der Waals surface area contributed by atoms with E-state index in [1.807, 2.05) is 13.8 Å². The van der Waals surface area contributed by atoms with Crippen molar-refractivity contribution in [3.8, 4) is 0 Å². The molecule has 2 N–H and O–H groups in total. The van der Waals surface area contributed by atoms with Crippen LogP contribution in [0, 0.1) is 17.6 Å². The summed E-state index contributed by atoms with van der Waals surface area (Å²) in [6.45, 7) is 4.08. The van der Waals surface area contributed by atoms with Crippen LogP contribution in [0.3, 0.4) is 0 Å². The van der Waals surface area contributed by atoms with Gasteiger partial charge in [0.1, 0.15) is 0 Å². The van der Waals surface area contributed by atoms with E-state index in [0.717, 1.165) is 18.6 Å². The monoisotopic (exact) mass is 270 g/mol. The van der Waals surface area contributed by atoms with Crippen LogP contribution in [-0.4, -0.2) is 23.9 Å². The molecule has 106 valence electrons. The van der Waals surface area contributed by atoms with Gasteiger partial charge >= 0.3 is 0 Å². The lowest BCUT2D eigenvalue weighted by Gasteiger charge is -2.24. The van der Waals surface area contributed by atoms with Gasteiger partial charge in [-0.05, 0) is 23.6 Å². The summed E-state index contributed by atoms with van der Waals surface area (Å²) in [7, 11) is 1.60. The largest absolute Gasteiger partial charge is 0.340 e. The van der Waals surface area contributed by atoms with Crippen molar-refractivity contribution in [1.82, 2.24) is 4.90 Å². The number of likely N-dealkylation sites (N-methyl/N-ethyl adjacent to an activating group) is 1. The number of hydrogen-bond donors (Lipinski definition) is 1. The highest BCUT2D eigenvalue weighted by Crippen LogP contribution is 2.13. The van der Waals surface area contributed by atoms with Crippen LogP contribution in [0.2, 0.25) is 0 Å². The Morgan fingerprint density at radius 3 is 2.53 bits per heavy atom. The third-order valence-corrected chi connectivity index (χ3v) is 3.32. The van der Waals surface area contributed by atoms with Gasteiger partial charge in [0.25, 0.3) is 0 Å². The minimum atomic E-state index is -0.912. The molecule has 2 atom stereocenters. The van der Waals surface area contributed by atoms with E-state index in [1.54, 1.807) is 7.05 Å². The molecule has 1 aromatic rings. The fourth-order valence-corrected chi connectivity index (χ4v) is 1.74. The first-order valence-corrected chi connectivity index (χ1v) is 6.31. The molecule has 0 bridgehead atoms. The Bertz CT molecular complexity index is 451. The van der Waals surface area contributed by atoms with Crippen molar-refractivity contribution >= 4 is 5.91 Å². The first-order valence-electron chi connectivity index (χ1n) is 6.31. The van der Waals surface area contributed by atoms with E-state index in [0.29, 0.717) is 5.56 Å². The van der Waals surface area contributed by atoms with Crippen LogP contribution < -0.4 is 5.73 Å². The van der Waals surface area contributed by atoms with Crippen LogP contribution in [-0.2, 0) is 11.3 Å². The highest BCUT2D eigenvalue weighted by molar-refractivity contribution is 5.81. The summed E-state index contributed by atoms with van der Waals surface area (Å²) in [5.74, 6) is -1.92. The molecule has 0 fully saturated rings. The van der Waals surface area contributed by atoms with E-state index in [1.165, 1.54) is 11.0 Å². The number of nitrogens with zero attached hydrogens (tertiary/aromatic N) is 1. The molecule has 5 heteroatoms. The third kappa shape index (κ3) is 3.99. The van der Waals surface area contributed by atoms with Crippen LogP contribution in [0.25, 0.3) is 0 Å². The minimum Gasteiger partial charge on any atom is -0.340 e. The molecular weight excluding hydrogens is 250 g/mol. The predicted octanol–water partition coefficient (Wildman–Crippen LogP) is 2.30. The van der Waals surface area contributed by atoms with Crippen molar-refractivity contribution in [2.75, 3.05) is 7.05 Å². The van der Waals surface area contributed by atoms with E-state index >= 15 is 0 Å². The molecule has 3 nitrogen and oxygen atoms in total. The number of carbonyl (C=O) groups is 1. The SMILES string of the molecule is CCC(C)C(N)C(=O)N(C)Cc1ccc(F)c(F)c1. The molecule has 0 aromatic heterocycles. The predicted molar refractivity (Wildman–Crippen MR) is 70.3 cm³/mol. The summed E-state index contributed by atoms with van der Waals surface area (Å²) in [6.07, 6.45) is 0.811. The Morgan fingerprint density at radius 2 is 2.00 bits per heavy atom. The summed E-state index contributed by atoms with van der Waals surface area (Å²) in [4.78, 5) is 13.5. The first kappa shape index (κ1) is 15.6. The zero-order valence-electron chi connectivity index (χ0n) is 11.5. The molecule has 0 heterocycles. The lowest BCUT2D eigenvalue weighted by Crippen LogP contribution is -2.45. The van der Waals surface area contributed by atoms with Crippen molar-refractivity contribution in [2.24, 2.45) is 11.7 Å². The van der Waals surface area contributed by atoms with E-state index in [-0.39, 0.29) is 18.4 Å². The average molecular weight is 270 g/mol. The second-order valence-corrected chi connectivity index (χ2v) is 4.85. The summed E-state index contributed by atoms with van der Waals surface area (Å²) in [5, 5.41) is 0. The highest BCUT2D eigenvalue weighted by atomic mass is 19.2. The fourth-order valence-electron chi connectivity index (χ4n) is 1.74. The summed E-state index contributed by atoms with van der Waals surface area (Å²) >= 11 is 0. The quantitative estimate of drug-likeness (QED) is 0.892. The number of hydrogen-bond acceptors (Lipinski definition) is 2. The number of nitrogens with two attached hydrogens (primary N) is 1. The average Bonchev–Trinajstić information content (AvgIpc) is 2.40. The van der Waals surface area contributed by atoms with Gasteiger partial charge in [-0.15, -0.1) is 0 Å². The highest BCUT2D eigenvalue weighted by Gasteiger charge is 2.22. The molecule has 1 aromatic carbocycles. The number of amides is 1. The normalized spacial score (nSPS) is 14.0. The molecule has 1 rings (SSSR count). The zero-order valence-corrected chi connectivity index (χ0v) is 11.5. The smallest absolute Gasteiger partial charge is 0.239 e. The van der Waals surface area contributed by atoms with Gasteiger partial charge in [0.2, 0.25) is 5.91 Å². The molecule has 1 amide bonds. The topological polar surface area (TPSA) is 46.3 Å². The van der Waals surface area contributed by atoms with Gasteiger partial charge < -0.3 is 10.6 Å². The van der Waals surface area contributed by atoms with Crippen LogP contribution >= 0.6 is 0 Å². The maximum absolute atomic E-state index is 13.1. The van der Waals surface area contributed by atoms with Crippen LogP contribution in [0.15, 0.2) is 18.2 Å². The Kier molecular flexibility index (Phi) is 5.42. The molecule has 19 heavy (non-hydrogen) atoms. The maximum Gasteiger partial charge on any atom is 0.239 e. The second kappa shape index (κ2) is 6.61. The molecule has 0 saturated carbocycles. The number of halogens is 2. The molecule has 0 spiro atoms. The molecular formula is C14H20F2N2O. The molecule has 2 unspecified atom stereocenters. The summed E-state index contributed by atoms with van der Waals surface area (Å²) in [6, 6.07) is 3.03.